The number of hydrogen-bond donors (Lipinski definition) is 1. The molecule has 1 N–H and O–H groups in total. The number of nitrogens with one attached hydrogen (secondary N) is 1. The van der Waals surface area contributed by atoms with E-state index in [1.807, 2.05) is 6.07 Å². The molecule has 0 unspecified atom stereocenters. The van der Waals surface area contributed by atoms with Crippen LogP contribution >= 0.6 is 38.9 Å². The van der Waals surface area contributed by atoms with Gasteiger partial charge in [0.05, 0.1) is 11.9 Å². The number of thiophene rings is 1. The SMILES string of the molecule is Fc1ccc(NCc2cc(Br)c(Cl)s2)cn1. The van der Waals surface area contributed by atoms with Gasteiger partial charge in [-0.25, -0.2) is 4.98 Å². The van der Waals surface area contributed by atoms with Gasteiger partial charge in [-0.1, -0.05) is 11.6 Å². The van der Waals surface area contributed by atoms with Crippen LogP contribution in [0.5, 0.6) is 0 Å². The number of aromatic nitrogens is 1. The molecule has 0 saturated carbocycles. The second-order valence-corrected chi connectivity index (χ2v) is 5.65. The van der Waals surface area contributed by atoms with Crippen LogP contribution in [-0.2, 0) is 6.54 Å². The Hall–Kier alpha value is -0.650. The summed E-state index contributed by atoms with van der Waals surface area (Å²) in [5.41, 5.74) is 0.780. The molecule has 0 bridgehead atoms. The van der Waals surface area contributed by atoms with Gasteiger partial charge in [0.1, 0.15) is 4.34 Å². The first-order valence-electron chi connectivity index (χ1n) is 4.44. The molecule has 0 aromatic carbocycles. The largest absolute Gasteiger partial charge is 0.379 e. The smallest absolute Gasteiger partial charge is 0.212 e. The van der Waals surface area contributed by atoms with Crippen molar-refractivity contribution in [2.45, 2.75) is 6.54 Å². The molecule has 0 aliphatic carbocycles. The van der Waals surface area contributed by atoms with E-state index in [1.165, 1.54) is 23.6 Å². The van der Waals surface area contributed by atoms with Crippen LogP contribution in [0.2, 0.25) is 4.34 Å². The molecule has 84 valence electrons. The summed E-state index contributed by atoms with van der Waals surface area (Å²) in [6, 6.07) is 4.92. The second-order valence-electron chi connectivity index (χ2n) is 3.06. The maximum absolute atomic E-state index is 12.5. The summed E-state index contributed by atoms with van der Waals surface area (Å²) in [4.78, 5) is 4.65. The number of nitrogens with zero attached hydrogens (tertiary/aromatic N) is 1. The average molecular weight is 322 g/mol. The van der Waals surface area contributed by atoms with Crippen molar-refractivity contribution in [3.8, 4) is 0 Å². The first-order chi connectivity index (χ1) is 7.65. The van der Waals surface area contributed by atoms with Gasteiger partial charge in [0.25, 0.3) is 0 Å². The molecule has 0 radical (unpaired) electrons. The van der Waals surface area contributed by atoms with Crippen LogP contribution in [0.25, 0.3) is 0 Å². The van der Waals surface area contributed by atoms with E-state index < -0.39 is 5.95 Å². The summed E-state index contributed by atoms with van der Waals surface area (Å²) >= 11 is 10.8. The van der Waals surface area contributed by atoms with Crippen molar-refractivity contribution >= 4 is 44.6 Å². The zero-order valence-electron chi connectivity index (χ0n) is 8.01. The van der Waals surface area contributed by atoms with Crippen LogP contribution in [-0.4, -0.2) is 4.98 Å². The van der Waals surface area contributed by atoms with E-state index in [9.17, 15) is 4.39 Å². The summed E-state index contributed by atoms with van der Waals surface area (Å²) in [6.07, 6.45) is 1.46. The van der Waals surface area contributed by atoms with Crippen LogP contribution < -0.4 is 5.32 Å². The molecule has 6 heteroatoms. The Morgan fingerprint density at radius 1 is 1.50 bits per heavy atom. The van der Waals surface area contributed by atoms with E-state index in [0.717, 1.165) is 19.4 Å². The van der Waals surface area contributed by atoms with Gasteiger partial charge in [0.2, 0.25) is 5.95 Å². The highest BCUT2D eigenvalue weighted by Gasteiger charge is 2.04. The van der Waals surface area contributed by atoms with Gasteiger partial charge in [-0.3, -0.25) is 0 Å². The summed E-state index contributed by atoms with van der Waals surface area (Å²) in [6.45, 7) is 0.642. The van der Waals surface area contributed by atoms with Crippen molar-refractivity contribution in [1.29, 1.82) is 0 Å². The quantitative estimate of drug-likeness (QED) is 0.852. The maximum atomic E-state index is 12.5. The minimum Gasteiger partial charge on any atom is -0.379 e. The van der Waals surface area contributed by atoms with Crippen molar-refractivity contribution in [1.82, 2.24) is 4.98 Å². The molecule has 0 amide bonds. The molecule has 2 aromatic heterocycles. The predicted octanol–water partition coefficient (Wildman–Crippen LogP) is 4.31. The number of hydrogen-bond acceptors (Lipinski definition) is 3. The van der Waals surface area contributed by atoms with Gasteiger partial charge >= 0.3 is 0 Å². The molecule has 2 nitrogen and oxygen atoms in total. The van der Waals surface area contributed by atoms with Gasteiger partial charge in [-0.15, -0.1) is 11.3 Å². The predicted molar refractivity (Wildman–Crippen MR) is 68.6 cm³/mol. The summed E-state index contributed by atoms with van der Waals surface area (Å²) < 4.78 is 14.2. The Morgan fingerprint density at radius 3 is 2.88 bits per heavy atom. The summed E-state index contributed by atoms with van der Waals surface area (Å²) in [5.74, 6) is -0.479. The Kier molecular flexibility index (Phi) is 3.78. The van der Waals surface area contributed by atoms with Gasteiger partial charge in [0, 0.05) is 15.9 Å². The Morgan fingerprint density at radius 2 is 2.31 bits per heavy atom. The van der Waals surface area contributed by atoms with Crippen molar-refractivity contribution in [2.75, 3.05) is 5.32 Å². The fourth-order valence-electron chi connectivity index (χ4n) is 1.15. The lowest BCUT2D eigenvalue weighted by Crippen LogP contribution is -1.97. The van der Waals surface area contributed by atoms with E-state index in [4.69, 9.17) is 11.6 Å². The van der Waals surface area contributed by atoms with Crippen LogP contribution in [0.4, 0.5) is 10.1 Å². The van der Waals surface area contributed by atoms with Crippen molar-refractivity contribution in [3.63, 3.8) is 0 Å². The topological polar surface area (TPSA) is 24.9 Å². The minimum atomic E-state index is -0.479. The third-order valence-corrected chi connectivity index (χ3v) is 4.37. The molecule has 0 spiro atoms. The molecule has 0 saturated heterocycles. The fourth-order valence-corrected chi connectivity index (χ4v) is 2.88. The molecule has 0 fully saturated rings. The highest BCUT2D eigenvalue weighted by Crippen LogP contribution is 2.32. The van der Waals surface area contributed by atoms with Crippen LogP contribution in [0, 0.1) is 5.95 Å². The molecule has 2 aromatic rings. The van der Waals surface area contributed by atoms with E-state index in [0.29, 0.717) is 6.54 Å². The van der Waals surface area contributed by atoms with Gasteiger partial charge in [0.15, 0.2) is 0 Å². The summed E-state index contributed by atoms with van der Waals surface area (Å²) in [7, 11) is 0. The number of anilines is 1. The molecule has 0 atom stereocenters. The van der Waals surface area contributed by atoms with Gasteiger partial charge < -0.3 is 5.32 Å². The van der Waals surface area contributed by atoms with Crippen LogP contribution in [0.3, 0.4) is 0 Å². The average Bonchev–Trinajstić information content (AvgIpc) is 2.58. The highest BCUT2D eigenvalue weighted by molar-refractivity contribution is 9.10. The molecule has 2 heterocycles. The van der Waals surface area contributed by atoms with Crippen molar-refractivity contribution < 1.29 is 4.39 Å². The highest BCUT2D eigenvalue weighted by atomic mass is 79.9. The van der Waals surface area contributed by atoms with Gasteiger partial charge in [-0.2, -0.15) is 4.39 Å². The minimum absolute atomic E-state index is 0.479. The van der Waals surface area contributed by atoms with Crippen molar-refractivity contribution in [2.24, 2.45) is 0 Å². The third kappa shape index (κ3) is 2.93. The lowest BCUT2D eigenvalue weighted by Gasteiger charge is -2.03. The van der Waals surface area contributed by atoms with Crippen molar-refractivity contribution in [3.05, 3.63) is 44.0 Å². The zero-order chi connectivity index (χ0) is 11.5. The molecule has 2 rings (SSSR count). The fraction of sp³-hybridized carbons (Fsp3) is 0.100. The van der Waals surface area contributed by atoms with Gasteiger partial charge in [-0.05, 0) is 34.1 Å². The van der Waals surface area contributed by atoms with Crippen LogP contribution in [0.15, 0.2) is 28.9 Å². The normalized spacial score (nSPS) is 10.4. The second kappa shape index (κ2) is 5.12. The van der Waals surface area contributed by atoms with Crippen LogP contribution in [0.1, 0.15) is 4.88 Å². The monoisotopic (exact) mass is 320 g/mol. The molecular formula is C10H7BrClFN2S. The number of rotatable bonds is 3. The molecular weight excluding hydrogens is 315 g/mol. The Bertz CT molecular complexity index is 467. The summed E-state index contributed by atoms with van der Waals surface area (Å²) in [5, 5.41) is 3.13. The van der Waals surface area contributed by atoms with E-state index in [1.54, 1.807) is 6.07 Å². The van der Waals surface area contributed by atoms with E-state index in [2.05, 4.69) is 26.2 Å². The first kappa shape index (κ1) is 11.8. The lowest BCUT2D eigenvalue weighted by molar-refractivity contribution is 0.584. The number of pyridine rings is 1. The third-order valence-electron chi connectivity index (χ3n) is 1.89. The zero-order valence-corrected chi connectivity index (χ0v) is 11.2. The molecule has 16 heavy (non-hydrogen) atoms. The first-order valence-corrected chi connectivity index (χ1v) is 6.43. The number of halogens is 3. The van der Waals surface area contributed by atoms with E-state index in [-0.39, 0.29) is 0 Å². The molecule has 0 aliphatic rings. The Balaban J connectivity index is 1.99. The lowest BCUT2D eigenvalue weighted by atomic mass is 10.4. The standard InChI is InChI=1S/C10H7BrClFN2S/c11-8-3-7(16-10(8)12)5-14-6-1-2-9(13)15-4-6/h1-4,14H,5H2. The maximum Gasteiger partial charge on any atom is 0.212 e. The Labute approximate surface area is 110 Å². The van der Waals surface area contributed by atoms with E-state index >= 15 is 0 Å². The molecule has 0 aliphatic heterocycles.